The molecule has 0 spiro atoms. The van der Waals surface area contributed by atoms with Gasteiger partial charge in [-0.1, -0.05) is 29.8 Å². The molecule has 3 atom stereocenters. The van der Waals surface area contributed by atoms with Crippen LogP contribution in [0.1, 0.15) is 18.6 Å². The summed E-state index contributed by atoms with van der Waals surface area (Å²) in [7, 11) is 0. The summed E-state index contributed by atoms with van der Waals surface area (Å²) in [5.74, 6) is -3.12. The van der Waals surface area contributed by atoms with Crippen LogP contribution in [-0.4, -0.2) is 62.6 Å². The zero-order valence-corrected chi connectivity index (χ0v) is 16.7. The van der Waals surface area contributed by atoms with Gasteiger partial charge in [0.2, 0.25) is 0 Å². The lowest BCUT2D eigenvalue weighted by Gasteiger charge is -2.49. The molecule has 0 radical (unpaired) electrons. The molecule has 1 fully saturated rings. The first-order valence-corrected chi connectivity index (χ1v) is 9.91. The number of nitrogens with zero attached hydrogens (tertiary/aromatic N) is 1. The van der Waals surface area contributed by atoms with Crippen molar-refractivity contribution < 1.29 is 34.1 Å². The van der Waals surface area contributed by atoms with Crippen LogP contribution in [-0.2, 0) is 23.9 Å². The molecular formula is C18H17ClN2O7S. The van der Waals surface area contributed by atoms with Crippen LogP contribution in [0.2, 0.25) is 5.02 Å². The monoisotopic (exact) mass is 440 g/mol. The van der Waals surface area contributed by atoms with Crippen molar-refractivity contribution in [2.75, 3.05) is 12.4 Å². The fourth-order valence-electron chi connectivity index (χ4n) is 3.05. The fraction of sp³-hybridized carbons (Fsp3) is 0.333. The molecule has 2 heterocycles. The number of hydrogen-bond acceptors (Lipinski definition) is 7. The van der Waals surface area contributed by atoms with Gasteiger partial charge in [0.15, 0.2) is 6.10 Å². The number of carboxylic acids is 1. The zero-order chi connectivity index (χ0) is 21.3. The predicted octanol–water partition coefficient (Wildman–Crippen LogP) is 0.675. The number of fused-ring (bicyclic) bond motifs is 1. The number of esters is 1. The Kier molecular flexibility index (Phi) is 6.15. The standard InChI is InChI=1S/C18H17ClN2O7S/c1-8(22)28-6-9-7-29-17-12(16(25)21(17)13(9)18(26)27)20-15(24)14(23)10-4-2-3-5-11(10)19/h2-5,12,14,17,23H,6-7H2,1H3,(H,20,24)(H,26,27)/t12-,14?,17-/m1/s1. The maximum atomic E-state index is 12.5. The Labute approximate surface area is 174 Å². The number of amides is 2. The highest BCUT2D eigenvalue weighted by atomic mass is 35.5. The molecule has 0 aromatic heterocycles. The molecule has 2 aliphatic heterocycles. The summed E-state index contributed by atoms with van der Waals surface area (Å²) in [5, 5.41) is 21.8. The SMILES string of the molecule is CC(=O)OCC1=C(C(=O)O)N2C(=O)[C@@H](NC(=O)C(O)c3ccccc3Cl)[C@H]2SC1. The van der Waals surface area contributed by atoms with Crippen molar-refractivity contribution in [1.82, 2.24) is 10.2 Å². The molecule has 1 saturated heterocycles. The van der Waals surface area contributed by atoms with Gasteiger partial charge < -0.3 is 20.3 Å². The van der Waals surface area contributed by atoms with Crippen molar-refractivity contribution in [1.29, 1.82) is 0 Å². The van der Waals surface area contributed by atoms with Crippen molar-refractivity contribution in [3.8, 4) is 0 Å². The second-order valence-electron chi connectivity index (χ2n) is 6.36. The van der Waals surface area contributed by atoms with Gasteiger partial charge in [0, 0.05) is 28.8 Å². The number of β-lactam (4-membered cyclic amide) rings is 1. The molecule has 2 amide bonds. The van der Waals surface area contributed by atoms with E-state index >= 15 is 0 Å². The van der Waals surface area contributed by atoms with Gasteiger partial charge in [-0.15, -0.1) is 11.8 Å². The number of ether oxygens (including phenoxy) is 1. The maximum absolute atomic E-state index is 12.5. The molecule has 154 valence electrons. The van der Waals surface area contributed by atoms with Crippen LogP contribution in [0.25, 0.3) is 0 Å². The molecule has 11 heteroatoms. The number of carbonyl (C=O) groups is 4. The van der Waals surface area contributed by atoms with Gasteiger partial charge in [-0.2, -0.15) is 0 Å². The number of halogens is 1. The summed E-state index contributed by atoms with van der Waals surface area (Å²) in [4.78, 5) is 48.7. The zero-order valence-electron chi connectivity index (χ0n) is 15.1. The van der Waals surface area contributed by atoms with Crippen molar-refractivity contribution in [3.05, 3.63) is 46.1 Å². The Balaban J connectivity index is 1.73. The number of aliphatic hydroxyl groups is 1. The quantitative estimate of drug-likeness (QED) is 0.434. The fourth-order valence-corrected chi connectivity index (χ4v) is 4.62. The lowest BCUT2D eigenvalue weighted by Crippen LogP contribution is -2.71. The first-order chi connectivity index (χ1) is 13.7. The summed E-state index contributed by atoms with van der Waals surface area (Å²) in [6.07, 6.45) is -1.58. The second-order valence-corrected chi connectivity index (χ2v) is 7.87. The summed E-state index contributed by atoms with van der Waals surface area (Å²) in [6, 6.07) is 5.28. The van der Waals surface area contributed by atoms with E-state index in [1.165, 1.54) is 30.8 Å². The Hall–Kier alpha value is -2.56. The third-order valence-electron chi connectivity index (χ3n) is 4.45. The number of carbonyl (C=O) groups excluding carboxylic acids is 3. The van der Waals surface area contributed by atoms with Gasteiger partial charge >= 0.3 is 11.9 Å². The number of rotatable bonds is 6. The first-order valence-electron chi connectivity index (χ1n) is 8.48. The molecular weight excluding hydrogens is 424 g/mol. The molecule has 1 unspecified atom stereocenters. The smallest absolute Gasteiger partial charge is 0.352 e. The van der Waals surface area contributed by atoms with Crippen molar-refractivity contribution in [2.24, 2.45) is 0 Å². The predicted molar refractivity (Wildman–Crippen MR) is 103 cm³/mol. The van der Waals surface area contributed by atoms with E-state index in [1.54, 1.807) is 12.1 Å². The lowest BCUT2D eigenvalue weighted by molar-refractivity contribution is -0.152. The van der Waals surface area contributed by atoms with Crippen LogP contribution in [0.3, 0.4) is 0 Å². The number of aliphatic carboxylic acids is 1. The van der Waals surface area contributed by atoms with E-state index in [0.717, 1.165) is 4.90 Å². The van der Waals surface area contributed by atoms with Crippen molar-refractivity contribution >= 4 is 47.1 Å². The van der Waals surface area contributed by atoms with Crippen LogP contribution in [0, 0.1) is 0 Å². The van der Waals surface area contributed by atoms with E-state index in [4.69, 9.17) is 16.3 Å². The van der Waals surface area contributed by atoms with E-state index in [2.05, 4.69) is 5.32 Å². The van der Waals surface area contributed by atoms with E-state index in [1.807, 2.05) is 0 Å². The number of hydrogen-bond donors (Lipinski definition) is 3. The van der Waals surface area contributed by atoms with Crippen molar-refractivity contribution in [3.63, 3.8) is 0 Å². The minimum absolute atomic E-state index is 0.196. The summed E-state index contributed by atoms with van der Waals surface area (Å²) in [5.41, 5.74) is 0.238. The van der Waals surface area contributed by atoms with E-state index < -0.39 is 41.3 Å². The summed E-state index contributed by atoms with van der Waals surface area (Å²) >= 11 is 7.21. The van der Waals surface area contributed by atoms with Crippen LogP contribution in [0.4, 0.5) is 0 Å². The van der Waals surface area contributed by atoms with Gasteiger partial charge in [-0.3, -0.25) is 19.3 Å². The Morgan fingerprint density at radius 1 is 1.38 bits per heavy atom. The molecule has 29 heavy (non-hydrogen) atoms. The van der Waals surface area contributed by atoms with Crippen molar-refractivity contribution in [2.45, 2.75) is 24.4 Å². The largest absolute Gasteiger partial charge is 0.477 e. The Morgan fingerprint density at radius 2 is 2.07 bits per heavy atom. The number of benzene rings is 1. The molecule has 9 nitrogen and oxygen atoms in total. The van der Waals surface area contributed by atoms with Gasteiger partial charge in [0.1, 0.15) is 23.7 Å². The molecule has 3 rings (SSSR count). The lowest BCUT2D eigenvalue weighted by atomic mass is 10.0. The van der Waals surface area contributed by atoms with Gasteiger partial charge in [0.25, 0.3) is 11.8 Å². The van der Waals surface area contributed by atoms with Crippen LogP contribution in [0.15, 0.2) is 35.5 Å². The third kappa shape index (κ3) is 4.09. The van der Waals surface area contributed by atoms with Gasteiger partial charge in [0.05, 0.1) is 0 Å². The van der Waals surface area contributed by atoms with E-state index in [-0.39, 0.29) is 28.6 Å². The Bertz CT molecular complexity index is 919. The highest BCUT2D eigenvalue weighted by Crippen LogP contribution is 2.40. The molecule has 2 aliphatic rings. The molecule has 1 aromatic rings. The van der Waals surface area contributed by atoms with Gasteiger partial charge in [-0.05, 0) is 6.07 Å². The molecule has 0 bridgehead atoms. The molecule has 3 N–H and O–H groups in total. The normalized spacial score (nSPS) is 21.8. The van der Waals surface area contributed by atoms with E-state index in [9.17, 15) is 29.4 Å². The minimum atomic E-state index is -1.58. The summed E-state index contributed by atoms with van der Waals surface area (Å²) in [6.45, 7) is 0.965. The molecule has 0 aliphatic carbocycles. The Morgan fingerprint density at radius 3 is 2.69 bits per heavy atom. The van der Waals surface area contributed by atoms with Crippen LogP contribution in [0.5, 0.6) is 0 Å². The third-order valence-corrected chi connectivity index (χ3v) is 6.13. The highest BCUT2D eigenvalue weighted by Gasteiger charge is 2.54. The molecule has 0 saturated carbocycles. The number of aliphatic hydroxyl groups excluding tert-OH is 1. The average molecular weight is 441 g/mol. The second kappa shape index (κ2) is 8.44. The van der Waals surface area contributed by atoms with E-state index in [0.29, 0.717) is 5.57 Å². The number of nitrogens with one attached hydrogen (secondary N) is 1. The van der Waals surface area contributed by atoms with Gasteiger partial charge in [-0.25, -0.2) is 4.79 Å². The highest BCUT2D eigenvalue weighted by molar-refractivity contribution is 8.00. The number of carboxylic acid groups (broad SMARTS) is 1. The average Bonchev–Trinajstić information content (AvgIpc) is 2.68. The van der Waals surface area contributed by atoms with Crippen LogP contribution < -0.4 is 5.32 Å². The maximum Gasteiger partial charge on any atom is 0.352 e. The minimum Gasteiger partial charge on any atom is -0.477 e. The topological polar surface area (TPSA) is 133 Å². The summed E-state index contributed by atoms with van der Waals surface area (Å²) < 4.78 is 4.86. The molecule has 1 aromatic carbocycles. The first kappa shape index (κ1) is 21.2. The van der Waals surface area contributed by atoms with Crippen LogP contribution >= 0.6 is 23.4 Å². The number of thioether (sulfide) groups is 1.